The van der Waals surface area contributed by atoms with Crippen LogP contribution in [0.15, 0.2) is 48.5 Å². The lowest BCUT2D eigenvalue weighted by molar-refractivity contribution is -0.123. The van der Waals surface area contributed by atoms with E-state index < -0.39 is 11.3 Å². The molecule has 2 aromatic rings. The molecule has 158 valence electrons. The van der Waals surface area contributed by atoms with E-state index in [0.717, 1.165) is 12.1 Å². The number of anilines is 3. The number of benzene rings is 2. The number of carbonyl (C=O) groups is 3. The minimum absolute atomic E-state index is 0.0504. The topological polar surface area (TPSA) is 78.5 Å². The Labute approximate surface area is 177 Å². The highest BCUT2D eigenvalue weighted by atomic mass is 16.2. The van der Waals surface area contributed by atoms with E-state index in [1.807, 2.05) is 45.0 Å². The third-order valence-electron chi connectivity index (χ3n) is 5.22. The van der Waals surface area contributed by atoms with Crippen molar-refractivity contribution in [1.82, 2.24) is 0 Å². The fraction of sp³-hybridized carbons (Fsp3) is 0.375. The maximum Gasteiger partial charge on any atom is 0.229 e. The van der Waals surface area contributed by atoms with Crippen LogP contribution in [0.25, 0.3) is 0 Å². The molecule has 0 aromatic heterocycles. The number of amides is 3. The Morgan fingerprint density at radius 1 is 1.03 bits per heavy atom. The van der Waals surface area contributed by atoms with Crippen LogP contribution in [-0.2, 0) is 20.8 Å². The van der Waals surface area contributed by atoms with Gasteiger partial charge in [0.25, 0.3) is 0 Å². The van der Waals surface area contributed by atoms with E-state index in [1.165, 1.54) is 5.56 Å². The van der Waals surface area contributed by atoms with E-state index in [1.54, 1.807) is 29.2 Å². The fourth-order valence-corrected chi connectivity index (χ4v) is 3.28. The lowest BCUT2D eigenvalue weighted by Gasteiger charge is -2.18. The van der Waals surface area contributed by atoms with Crippen molar-refractivity contribution in [2.24, 2.45) is 11.3 Å². The molecule has 0 radical (unpaired) electrons. The number of aryl methyl sites for hydroxylation is 1. The third kappa shape index (κ3) is 5.06. The van der Waals surface area contributed by atoms with Gasteiger partial charge < -0.3 is 15.5 Å². The van der Waals surface area contributed by atoms with Gasteiger partial charge in [-0.3, -0.25) is 14.4 Å². The summed E-state index contributed by atoms with van der Waals surface area (Å²) < 4.78 is 0. The van der Waals surface area contributed by atoms with Crippen molar-refractivity contribution in [1.29, 1.82) is 0 Å². The SMILES string of the molecule is CCc1ccc(N2CC(C(=O)Nc3cccc(NC(=O)C(C)(C)C)c3)CC2=O)cc1. The highest BCUT2D eigenvalue weighted by Gasteiger charge is 2.35. The lowest BCUT2D eigenvalue weighted by atomic mass is 9.95. The van der Waals surface area contributed by atoms with Crippen LogP contribution in [0.3, 0.4) is 0 Å². The normalized spacial score (nSPS) is 16.5. The molecule has 0 saturated carbocycles. The zero-order valence-corrected chi connectivity index (χ0v) is 18.0. The van der Waals surface area contributed by atoms with Gasteiger partial charge in [-0.2, -0.15) is 0 Å². The predicted molar refractivity (Wildman–Crippen MR) is 119 cm³/mol. The number of hydrogen-bond acceptors (Lipinski definition) is 3. The Hall–Kier alpha value is -3.15. The molecular formula is C24H29N3O3. The predicted octanol–water partition coefficient (Wildman–Crippen LogP) is 4.23. The summed E-state index contributed by atoms with van der Waals surface area (Å²) >= 11 is 0. The summed E-state index contributed by atoms with van der Waals surface area (Å²) in [5, 5.41) is 5.74. The Morgan fingerprint density at radius 3 is 2.27 bits per heavy atom. The molecule has 2 N–H and O–H groups in total. The summed E-state index contributed by atoms with van der Waals surface area (Å²) in [6, 6.07) is 14.9. The number of carbonyl (C=O) groups excluding carboxylic acids is 3. The number of nitrogens with zero attached hydrogens (tertiary/aromatic N) is 1. The number of hydrogen-bond donors (Lipinski definition) is 2. The fourth-order valence-electron chi connectivity index (χ4n) is 3.28. The van der Waals surface area contributed by atoms with Gasteiger partial charge in [0.05, 0.1) is 5.92 Å². The van der Waals surface area contributed by atoms with E-state index in [0.29, 0.717) is 17.9 Å². The van der Waals surface area contributed by atoms with E-state index in [2.05, 4.69) is 17.6 Å². The molecule has 2 aromatic carbocycles. The maximum absolute atomic E-state index is 12.8. The molecule has 1 saturated heterocycles. The molecule has 0 aliphatic carbocycles. The molecule has 1 aliphatic rings. The molecule has 1 unspecified atom stereocenters. The monoisotopic (exact) mass is 407 g/mol. The smallest absolute Gasteiger partial charge is 0.229 e. The van der Waals surface area contributed by atoms with Gasteiger partial charge in [-0.25, -0.2) is 0 Å². The van der Waals surface area contributed by atoms with Gasteiger partial charge in [-0.1, -0.05) is 45.9 Å². The van der Waals surface area contributed by atoms with E-state index in [4.69, 9.17) is 0 Å². The lowest BCUT2D eigenvalue weighted by Crippen LogP contribution is -2.28. The summed E-state index contributed by atoms with van der Waals surface area (Å²) in [4.78, 5) is 39.1. The van der Waals surface area contributed by atoms with Crippen LogP contribution in [0.4, 0.5) is 17.1 Å². The quantitative estimate of drug-likeness (QED) is 0.779. The molecule has 30 heavy (non-hydrogen) atoms. The minimum atomic E-state index is -0.512. The average Bonchev–Trinajstić information content (AvgIpc) is 3.09. The number of rotatable bonds is 5. The van der Waals surface area contributed by atoms with Gasteiger partial charge in [0, 0.05) is 35.4 Å². The first-order valence-corrected chi connectivity index (χ1v) is 10.3. The van der Waals surface area contributed by atoms with Gasteiger partial charge >= 0.3 is 0 Å². The Balaban J connectivity index is 1.64. The van der Waals surface area contributed by atoms with Crippen LogP contribution < -0.4 is 15.5 Å². The zero-order valence-electron chi connectivity index (χ0n) is 18.0. The van der Waals surface area contributed by atoms with E-state index >= 15 is 0 Å². The van der Waals surface area contributed by atoms with Gasteiger partial charge in [0.1, 0.15) is 0 Å². The molecule has 1 aliphatic heterocycles. The zero-order chi connectivity index (χ0) is 21.9. The van der Waals surface area contributed by atoms with Crippen molar-refractivity contribution in [3.8, 4) is 0 Å². The first-order chi connectivity index (χ1) is 14.2. The maximum atomic E-state index is 12.8. The minimum Gasteiger partial charge on any atom is -0.326 e. The van der Waals surface area contributed by atoms with Crippen molar-refractivity contribution in [3.63, 3.8) is 0 Å². The molecule has 6 heteroatoms. The van der Waals surface area contributed by atoms with Crippen LogP contribution >= 0.6 is 0 Å². The molecular weight excluding hydrogens is 378 g/mol. The van der Waals surface area contributed by atoms with Gasteiger partial charge in [0.2, 0.25) is 17.7 Å². The van der Waals surface area contributed by atoms with Crippen LogP contribution in [-0.4, -0.2) is 24.3 Å². The van der Waals surface area contributed by atoms with Crippen LogP contribution in [0.2, 0.25) is 0 Å². The van der Waals surface area contributed by atoms with Crippen LogP contribution in [0.1, 0.15) is 39.7 Å². The Kier molecular flexibility index (Phi) is 6.25. The Morgan fingerprint density at radius 2 is 1.67 bits per heavy atom. The van der Waals surface area contributed by atoms with E-state index in [9.17, 15) is 14.4 Å². The number of nitrogens with one attached hydrogen (secondary N) is 2. The molecule has 0 bridgehead atoms. The summed E-state index contributed by atoms with van der Waals surface area (Å²) in [5.74, 6) is -0.769. The highest BCUT2D eigenvalue weighted by molar-refractivity contribution is 6.04. The first kappa shape index (κ1) is 21.6. The van der Waals surface area contributed by atoms with Gasteiger partial charge in [-0.15, -0.1) is 0 Å². The van der Waals surface area contributed by atoms with Crippen LogP contribution in [0.5, 0.6) is 0 Å². The molecule has 1 atom stereocenters. The molecule has 6 nitrogen and oxygen atoms in total. The Bertz CT molecular complexity index is 945. The van der Waals surface area contributed by atoms with Crippen molar-refractivity contribution < 1.29 is 14.4 Å². The third-order valence-corrected chi connectivity index (χ3v) is 5.22. The first-order valence-electron chi connectivity index (χ1n) is 10.3. The second-order valence-corrected chi connectivity index (χ2v) is 8.70. The molecule has 0 spiro atoms. The highest BCUT2D eigenvalue weighted by Crippen LogP contribution is 2.27. The van der Waals surface area contributed by atoms with E-state index in [-0.39, 0.29) is 24.1 Å². The van der Waals surface area contributed by atoms with Crippen molar-refractivity contribution >= 4 is 34.8 Å². The second-order valence-electron chi connectivity index (χ2n) is 8.70. The molecule has 1 fully saturated rings. The summed E-state index contributed by atoms with van der Waals surface area (Å²) in [6.07, 6.45) is 1.12. The molecule has 3 amide bonds. The summed E-state index contributed by atoms with van der Waals surface area (Å²) in [7, 11) is 0. The van der Waals surface area contributed by atoms with Gasteiger partial charge in [0.15, 0.2) is 0 Å². The molecule has 1 heterocycles. The molecule has 3 rings (SSSR count). The largest absolute Gasteiger partial charge is 0.326 e. The van der Waals surface area contributed by atoms with Gasteiger partial charge in [-0.05, 0) is 42.3 Å². The van der Waals surface area contributed by atoms with Crippen molar-refractivity contribution in [2.45, 2.75) is 40.5 Å². The standard InChI is InChI=1S/C24H29N3O3/c1-5-16-9-11-20(12-10-16)27-15-17(13-21(27)28)22(29)25-18-7-6-8-19(14-18)26-23(30)24(2,3)4/h6-12,14,17H,5,13,15H2,1-4H3,(H,25,29)(H,26,30). The summed E-state index contributed by atoms with van der Waals surface area (Å²) in [6.45, 7) is 7.96. The van der Waals surface area contributed by atoms with Crippen molar-refractivity contribution in [3.05, 3.63) is 54.1 Å². The van der Waals surface area contributed by atoms with Crippen LogP contribution in [0, 0.1) is 11.3 Å². The average molecular weight is 408 g/mol. The summed E-state index contributed by atoms with van der Waals surface area (Å²) in [5.41, 5.74) is 2.72. The second kappa shape index (κ2) is 8.69. The van der Waals surface area contributed by atoms with Crippen molar-refractivity contribution in [2.75, 3.05) is 22.1 Å².